The van der Waals surface area contributed by atoms with Crippen LogP contribution in [-0.4, -0.2) is 34.1 Å². The SMILES string of the molecule is CCc1ccc(CNc2nc3ccccc3n2CCN2CCCCC2)cc1.Cl.Cl. The first-order chi connectivity index (χ1) is 13.3. The Bertz CT molecular complexity index is 870. The Morgan fingerprint density at radius 1 is 0.862 bits per heavy atom. The van der Waals surface area contributed by atoms with Gasteiger partial charge in [0, 0.05) is 19.6 Å². The Hall–Kier alpha value is -1.75. The van der Waals surface area contributed by atoms with Crippen molar-refractivity contribution in [1.82, 2.24) is 14.5 Å². The van der Waals surface area contributed by atoms with Crippen molar-refractivity contribution < 1.29 is 0 Å². The smallest absolute Gasteiger partial charge is 0.204 e. The molecule has 6 heteroatoms. The molecule has 0 spiro atoms. The van der Waals surface area contributed by atoms with E-state index in [2.05, 4.69) is 70.2 Å². The van der Waals surface area contributed by atoms with Crippen molar-refractivity contribution in [2.45, 2.75) is 45.7 Å². The van der Waals surface area contributed by atoms with Crippen molar-refractivity contribution in [1.29, 1.82) is 0 Å². The number of hydrogen-bond acceptors (Lipinski definition) is 3. The van der Waals surface area contributed by atoms with Gasteiger partial charge >= 0.3 is 0 Å². The topological polar surface area (TPSA) is 33.1 Å². The van der Waals surface area contributed by atoms with Gasteiger partial charge in [-0.1, -0.05) is 49.7 Å². The number of anilines is 1. The van der Waals surface area contributed by atoms with Gasteiger partial charge in [-0.25, -0.2) is 4.98 Å². The molecule has 158 valence electrons. The second-order valence-electron chi connectivity index (χ2n) is 7.50. The number of hydrogen-bond donors (Lipinski definition) is 1. The van der Waals surface area contributed by atoms with E-state index in [1.807, 2.05) is 0 Å². The van der Waals surface area contributed by atoms with Crippen LogP contribution in [0.5, 0.6) is 0 Å². The number of fused-ring (bicyclic) bond motifs is 1. The maximum Gasteiger partial charge on any atom is 0.204 e. The minimum absolute atomic E-state index is 0. The summed E-state index contributed by atoms with van der Waals surface area (Å²) >= 11 is 0. The number of benzene rings is 2. The molecule has 2 heterocycles. The summed E-state index contributed by atoms with van der Waals surface area (Å²) in [7, 11) is 0. The number of imidazole rings is 1. The summed E-state index contributed by atoms with van der Waals surface area (Å²) in [6.45, 7) is 7.55. The molecule has 1 N–H and O–H groups in total. The molecule has 1 fully saturated rings. The fourth-order valence-corrected chi connectivity index (χ4v) is 3.94. The fraction of sp³-hybridized carbons (Fsp3) is 0.435. The molecule has 1 aromatic heterocycles. The van der Waals surface area contributed by atoms with Crippen LogP contribution < -0.4 is 5.32 Å². The van der Waals surface area contributed by atoms with Gasteiger partial charge < -0.3 is 14.8 Å². The van der Waals surface area contributed by atoms with E-state index in [0.717, 1.165) is 37.5 Å². The molecule has 0 amide bonds. The van der Waals surface area contributed by atoms with Crippen molar-refractivity contribution in [2.24, 2.45) is 0 Å². The van der Waals surface area contributed by atoms with Crippen LogP contribution >= 0.6 is 24.8 Å². The molecule has 29 heavy (non-hydrogen) atoms. The third-order valence-electron chi connectivity index (χ3n) is 5.62. The predicted octanol–water partition coefficient (Wildman–Crippen LogP) is 5.54. The van der Waals surface area contributed by atoms with E-state index in [1.54, 1.807) is 0 Å². The van der Waals surface area contributed by atoms with Gasteiger partial charge in [0.05, 0.1) is 11.0 Å². The molecule has 0 atom stereocenters. The zero-order chi connectivity index (χ0) is 18.5. The zero-order valence-corrected chi connectivity index (χ0v) is 18.8. The lowest BCUT2D eigenvalue weighted by molar-refractivity contribution is 0.222. The van der Waals surface area contributed by atoms with Gasteiger partial charge in [-0.15, -0.1) is 24.8 Å². The third kappa shape index (κ3) is 5.88. The Balaban J connectivity index is 0.00000150. The van der Waals surface area contributed by atoms with Crippen molar-refractivity contribution in [3.8, 4) is 0 Å². The number of nitrogens with zero attached hydrogens (tertiary/aromatic N) is 3. The molecule has 4 nitrogen and oxygen atoms in total. The van der Waals surface area contributed by atoms with Crippen LogP contribution in [0, 0.1) is 0 Å². The van der Waals surface area contributed by atoms with Crippen molar-refractivity contribution in [2.75, 3.05) is 25.0 Å². The molecular formula is C23H32Cl2N4. The van der Waals surface area contributed by atoms with Crippen LogP contribution in [0.15, 0.2) is 48.5 Å². The Kier molecular flexibility index (Phi) is 9.28. The molecular weight excluding hydrogens is 403 g/mol. The molecule has 2 aromatic carbocycles. The van der Waals surface area contributed by atoms with Gasteiger partial charge in [0.2, 0.25) is 5.95 Å². The first-order valence-electron chi connectivity index (χ1n) is 10.3. The number of piperidine rings is 1. The number of aryl methyl sites for hydroxylation is 1. The lowest BCUT2D eigenvalue weighted by Crippen LogP contribution is -2.32. The number of para-hydroxylation sites is 2. The van der Waals surface area contributed by atoms with Crippen molar-refractivity contribution in [3.05, 3.63) is 59.7 Å². The molecule has 4 rings (SSSR count). The van der Waals surface area contributed by atoms with Gasteiger partial charge in [-0.2, -0.15) is 0 Å². The van der Waals surface area contributed by atoms with Crippen LogP contribution in [0.25, 0.3) is 11.0 Å². The summed E-state index contributed by atoms with van der Waals surface area (Å²) in [5, 5.41) is 3.58. The summed E-state index contributed by atoms with van der Waals surface area (Å²) in [6.07, 6.45) is 5.14. The Morgan fingerprint density at radius 2 is 1.55 bits per heavy atom. The minimum atomic E-state index is 0. The highest BCUT2D eigenvalue weighted by atomic mass is 35.5. The van der Waals surface area contributed by atoms with Crippen LogP contribution in [0.2, 0.25) is 0 Å². The molecule has 1 aliphatic rings. The normalized spacial score (nSPS) is 14.2. The highest BCUT2D eigenvalue weighted by Crippen LogP contribution is 2.21. The molecule has 0 radical (unpaired) electrons. The van der Waals surface area contributed by atoms with Crippen LogP contribution in [0.1, 0.15) is 37.3 Å². The minimum Gasteiger partial charge on any atom is -0.352 e. The van der Waals surface area contributed by atoms with E-state index in [9.17, 15) is 0 Å². The maximum atomic E-state index is 4.86. The standard InChI is InChI=1S/C23H30N4.2ClH/c1-2-19-10-12-20(13-11-19)18-24-23-25-21-8-4-5-9-22(21)27(23)17-16-26-14-6-3-7-15-26;;/h4-5,8-13H,2-3,6-7,14-18H2,1H3,(H,24,25);2*1H. The average molecular weight is 435 g/mol. The van der Waals surface area contributed by atoms with E-state index >= 15 is 0 Å². The second-order valence-corrected chi connectivity index (χ2v) is 7.50. The van der Waals surface area contributed by atoms with E-state index in [1.165, 1.54) is 49.0 Å². The lowest BCUT2D eigenvalue weighted by atomic mass is 10.1. The molecule has 1 aliphatic heterocycles. The van der Waals surface area contributed by atoms with Crippen LogP contribution in [-0.2, 0) is 19.5 Å². The van der Waals surface area contributed by atoms with Gasteiger partial charge in [0.25, 0.3) is 0 Å². The number of nitrogens with one attached hydrogen (secondary N) is 1. The molecule has 0 saturated carbocycles. The Labute approximate surface area is 186 Å². The highest BCUT2D eigenvalue weighted by molar-refractivity contribution is 5.85. The summed E-state index contributed by atoms with van der Waals surface area (Å²) in [5.41, 5.74) is 4.97. The van der Waals surface area contributed by atoms with Crippen molar-refractivity contribution in [3.63, 3.8) is 0 Å². The second kappa shape index (κ2) is 11.4. The quantitative estimate of drug-likeness (QED) is 0.529. The van der Waals surface area contributed by atoms with Crippen LogP contribution in [0.4, 0.5) is 5.95 Å². The molecule has 1 saturated heterocycles. The lowest BCUT2D eigenvalue weighted by Gasteiger charge is -2.26. The third-order valence-corrected chi connectivity index (χ3v) is 5.62. The highest BCUT2D eigenvalue weighted by Gasteiger charge is 2.14. The molecule has 0 aliphatic carbocycles. The van der Waals surface area contributed by atoms with Gasteiger partial charge in [-0.3, -0.25) is 0 Å². The summed E-state index contributed by atoms with van der Waals surface area (Å²) in [4.78, 5) is 7.45. The van der Waals surface area contributed by atoms with E-state index in [-0.39, 0.29) is 24.8 Å². The van der Waals surface area contributed by atoms with E-state index < -0.39 is 0 Å². The summed E-state index contributed by atoms with van der Waals surface area (Å²) in [6, 6.07) is 17.3. The maximum absolute atomic E-state index is 4.86. The first-order valence-corrected chi connectivity index (χ1v) is 10.3. The number of aromatic nitrogens is 2. The molecule has 0 unspecified atom stereocenters. The first kappa shape index (κ1) is 23.5. The Morgan fingerprint density at radius 3 is 2.28 bits per heavy atom. The van der Waals surface area contributed by atoms with E-state index in [0.29, 0.717) is 0 Å². The van der Waals surface area contributed by atoms with Gasteiger partial charge in [0.15, 0.2) is 0 Å². The molecule has 0 bridgehead atoms. The summed E-state index contributed by atoms with van der Waals surface area (Å²) in [5.74, 6) is 0.979. The molecule has 3 aromatic rings. The number of rotatable bonds is 7. The zero-order valence-electron chi connectivity index (χ0n) is 17.1. The predicted molar refractivity (Wildman–Crippen MR) is 128 cm³/mol. The van der Waals surface area contributed by atoms with Gasteiger partial charge in [0.1, 0.15) is 0 Å². The largest absolute Gasteiger partial charge is 0.352 e. The van der Waals surface area contributed by atoms with Gasteiger partial charge in [-0.05, 0) is 55.6 Å². The van der Waals surface area contributed by atoms with E-state index in [4.69, 9.17) is 4.98 Å². The van der Waals surface area contributed by atoms with Crippen LogP contribution in [0.3, 0.4) is 0 Å². The number of likely N-dealkylation sites (tertiary alicyclic amines) is 1. The summed E-state index contributed by atoms with van der Waals surface area (Å²) < 4.78 is 2.35. The monoisotopic (exact) mass is 434 g/mol. The average Bonchev–Trinajstić information content (AvgIpc) is 3.09. The fourth-order valence-electron chi connectivity index (χ4n) is 3.94. The van der Waals surface area contributed by atoms with Crippen molar-refractivity contribution >= 4 is 41.8 Å². The number of halogens is 2.